The topological polar surface area (TPSA) is 58.4 Å². The van der Waals surface area contributed by atoms with E-state index >= 15 is 0 Å². The number of hydrogen-bond acceptors (Lipinski definition) is 3. The van der Waals surface area contributed by atoms with Crippen LogP contribution in [0.25, 0.3) is 0 Å². The molecule has 0 unspecified atom stereocenters. The van der Waals surface area contributed by atoms with Crippen LogP contribution in [0.3, 0.4) is 0 Å². The summed E-state index contributed by atoms with van der Waals surface area (Å²) in [4.78, 5) is 14.5. The Morgan fingerprint density at radius 1 is 1.33 bits per heavy atom. The van der Waals surface area contributed by atoms with E-state index in [1.165, 1.54) is 12.8 Å². The first-order valence-corrected chi connectivity index (χ1v) is 7.50. The molecule has 3 N–H and O–H groups in total. The van der Waals surface area contributed by atoms with Gasteiger partial charge in [0.25, 0.3) is 0 Å². The minimum absolute atomic E-state index is 0.0494. The molecule has 2 aliphatic rings. The summed E-state index contributed by atoms with van der Waals surface area (Å²) in [5.41, 5.74) is 5.88. The van der Waals surface area contributed by atoms with Crippen molar-refractivity contribution in [3.8, 4) is 0 Å². The Bertz CT molecular complexity index is 270. The summed E-state index contributed by atoms with van der Waals surface area (Å²) in [7, 11) is 0. The smallest absolute Gasteiger partial charge is 0.237 e. The standard InChI is InChI=1S/C14H27N3O/c1-2-3-4-13(15)14(18)16-11-7-9-17(10-8-11)12-5-6-12/h11-13H,2-10,15H2,1H3,(H,16,18)/t13-/m0/s1. The number of carbonyl (C=O) groups is 1. The molecular weight excluding hydrogens is 226 g/mol. The third-order valence-electron chi connectivity index (χ3n) is 4.14. The summed E-state index contributed by atoms with van der Waals surface area (Å²) in [6, 6.07) is 0.889. The summed E-state index contributed by atoms with van der Waals surface area (Å²) < 4.78 is 0. The fourth-order valence-electron chi connectivity index (χ4n) is 2.71. The first-order chi connectivity index (χ1) is 8.70. The Kier molecular flexibility index (Phi) is 5.01. The highest BCUT2D eigenvalue weighted by molar-refractivity contribution is 5.81. The average molecular weight is 253 g/mol. The van der Waals surface area contributed by atoms with Gasteiger partial charge in [0, 0.05) is 25.2 Å². The second kappa shape index (κ2) is 6.53. The number of hydrogen-bond donors (Lipinski definition) is 2. The quantitative estimate of drug-likeness (QED) is 0.749. The van der Waals surface area contributed by atoms with Gasteiger partial charge in [0.2, 0.25) is 5.91 Å². The van der Waals surface area contributed by atoms with Crippen LogP contribution in [0.5, 0.6) is 0 Å². The number of nitrogens with one attached hydrogen (secondary N) is 1. The fourth-order valence-corrected chi connectivity index (χ4v) is 2.71. The lowest BCUT2D eigenvalue weighted by Crippen LogP contribution is -2.49. The molecule has 2 rings (SSSR count). The Morgan fingerprint density at radius 2 is 2.00 bits per heavy atom. The van der Waals surface area contributed by atoms with Crippen molar-refractivity contribution in [3.63, 3.8) is 0 Å². The SMILES string of the molecule is CCCC[C@H](N)C(=O)NC1CCN(C2CC2)CC1. The van der Waals surface area contributed by atoms with Gasteiger partial charge in [-0.3, -0.25) is 4.79 Å². The Morgan fingerprint density at radius 3 is 2.56 bits per heavy atom. The van der Waals surface area contributed by atoms with Crippen LogP contribution >= 0.6 is 0 Å². The van der Waals surface area contributed by atoms with Crippen molar-refractivity contribution in [3.05, 3.63) is 0 Å². The average Bonchev–Trinajstić information content (AvgIpc) is 3.21. The molecule has 4 nitrogen and oxygen atoms in total. The monoisotopic (exact) mass is 253 g/mol. The molecule has 18 heavy (non-hydrogen) atoms. The lowest BCUT2D eigenvalue weighted by molar-refractivity contribution is -0.123. The van der Waals surface area contributed by atoms with Crippen LogP contribution in [0.2, 0.25) is 0 Å². The summed E-state index contributed by atoms with van der Waals surface area (Å²) in [6.07, 6.45) is 7.86. The summed E-state index contributed by atoms with van der Waals surface area (Å²) in [5, 5.41) is 3.12. The van der Waals surface area contributed by atoms with E-state index in [1.54, 1.807) is 0 Å². The normalized spacial score (nSPS) is 23.9. The highest BCUT2D eigenvalue weighted by atomic mass is 16.2. The maximum atomic E-state index is 11.9. The van der Waals surface area contributed by atoms with E-state index in [0.29, 0.717) is 6.04 Å². The second-order valence-electron chi connectivity index (χ2n) is 5.80. The predicted octanol–water partition coefficient (Wildman–Crippen LogP) is 1.25. The molecule has 0 spiro atoms. The molecule has 0 aromatic carbocycles. The van der Waals surface area contributed by atoms with Gasteiger partial charge in [-0.1, -0.05) is 19.8 Å². The van der Waals surface area contributed by atoms with Crippen molar-refractivity contribution in [1.82, 2.24) is 10.2 Å². The lowest BCUT2D eigenvalue weighted by Gasteiger charge is -2.32. The third-order valence-corrected chi connectivity index (χ3v) is 4.14. The zero-order valence-electron chi connectivity index (χ0n) is 11.5. The van der Waals surface area contributed by atoms with Gasteiger partial charge in [0.05, 0.1) is 6.04 Å². The maximum absolute atomic E-state index is 11.9. The van der Waals surface area contributed by atoms with Gasteiger partial charge in [-0.25, -0.2) is 0 Å². The van der Waals surface area contributed by atoms with E-state index in [-0.39, 0.29) is 11.9 Å². The molecule has 1 saturated heterocycles. The van der Waals surface area contributed by atoms with Crippen LogP contribution in [-0.2, 0) is 4.79 Å². The largest absolute Gasteiger partial charge is 0.352 e. The summed E-state index contributed by atoms with van der Waals surface area (Å²) in [6.45, 7) is 4.40. The van der Waals surface area contributed by atoms with Crippen molar-refractivity contribution in [2.75, 3.05) is 13.1 Å². The van der Waals surface area contributed by atoms with Gasteiger partial charge >= 0.3 is 0 Å². The van der Waals surface area contributed by atoms with Crippen molar-refractivity contribution < 1.29 is 4.79 Å². The number of nitrogens with zero attached hydrogens (tertiary/aromatic N) is 1. The lowest BCUT2D eigenvalue weighted by atomic mass is 10.0. The molecular formula is C14H27N3O. The van der Waals surface area contributed by atoms with Crippen LogP contribution in [0, 0.1) is 0 Å². The maximum Gasteiger partial charge on any atom is 0.237 e. The molecule has 1 saturated carbocycles. The Hall–Kier alpha value is -0.610. The van der Waals surface area contributed by atoms with Crippen molar-refractivity contribution in [2.45, 2.75) is 70.0 Å². The van der Waals surface area contributed by atoms with Crippen LogP contribution in [-0.4, -0.2) is 42.0 Å². The third kappa shape index (κ3) is 3.95. The molecule has 1 heterocycles. The Balaban J connectivity index is 1.65. The number of unbranched alkanes of at least 4 members (excludes halogenated alkanes) is 1. The first-order valence-electron chi connectivity index (χ1n) is 7.50. The van der Waals surface area contributed by atoms with Gasteiger partial charge in [-0.05, 0) is 32.1 Å². The van der Waals surface area contributed by atoms with E-state index < -0.39 is 0 Å². The van der Waals surface area contributed by atoms with E-state index in [4.69, 9.17) is 5.73 Å². The van der Waals surface area contributed by atoms with Crippen LogP contribution < -0.4 is 11.1 Å². The molecule has 1 amide bonds. The zero-order chi connectivity index (χ0) is 13.0. The van der Waals surface area contributed by atoms with Gasteiger partial charge < -0.3 is 16.0 Å². The molecule has 104 valence electrons. The molecule has 0 aromatic rings. The van der Waals surface area contributed by atoms with E-state index in [1.807, 2.05) is 0 Å². The summed E-state index contributed by atoms with van der Waals surface area (Å²) in [5.74, 6) is 0.0494. The minimum atomic E-state index is -0.314. The molecule has 1 atom stereocenters. The Labute approximate surface area is 110 Å². The highest BCUT2D eigenvalue weighted by Gasteiger charge is 2.32. The van der Waals surface area contributed by atoms with E-state index in [0.717, 1.165) is 51.2 Å². The highest BCUT2D eigenvalue weighted by Crippen LogP contribution is 2.29. The first kappa shape index (κ1) is 13.8. The number of carbonyl (C=O) groups excluding carboxylic acids is 1. The van der Waals surface area contributed by atoms with Crippen LogP contribution in [0.4, 0.5) is 0 Å². The van der Waals surface area contributed by atoms with Crippen molar-refractivity contribution >= 4 is 5.91 Å². The molecule has 0 aromatic heterocycles. The number of rotatable bonds is 6. The molecule has 0 radical (unpaired) electrons. The van der Waals surface area contributed by atoms with Gasteiger partial charge in [0.1, 0.15) is 0 Å². The van der Waals surface area contributed by atoms with Crippen LogP contribution in [0.1, 0.15) is 51.9 Å². The van der Waals surface area contributed by atoms with Crippen molar-refractivity contribution in [1.29, 1.82) is 0 Å². The molecule has 2 fully saturated rings. The number of nitrogens with two attached hydrogens (primary N) is 1. The molecule has 4 heteroatoms. The molecule has 1 aliphatic carbocycles. The van der Waals surface area contributed by atoms with Gasteiger partial charge in [0.15, 0.2) is 0 Å². The molecule has 0 bridgehead atoms. The number of amides is 1. The minimum Gasteiger partial charge on any atom is -0.352 e. The van der Waals surface area contributed by atoms with Gasteiger partial charge in [-0.2, -0.15) is 0 Å². The number of piperidine rings is 1. The molecule has 1 aliphatic heterocycles. The van der Waals surface area contributed by atoms with Crippen molar-refractivity contribution in [2.24, 2.45) is 5.73 Å². The fraction of sp³-hybridized carbons (Fsp3) is 0.929. The van der Waals surface area contributed by atoms with E-state index in [2.05, 4.69) is 17.1 Å². The predicted molar refractivity (Wildman–Crippen MR) is 73.3 cm³/mol. The summed E-state index contributed by atoms with van der Waals surface area (Å²) >= 11 is 0. The van der Waals surface area contributed by atoms with Crippen LogP contribution in [0.15, 0.2) is 0 Å². The van der Waals surface area contributed by atoms with Gasteiger partial charge in [-0.15, -0.1) is 0 Å². The second-order valence-corrected chi connectivity index (χ2v) is 5.80. The zero-order valence-corrected chi connectivity index (χ0v) is 11.5. The van der Waals surface area contributed by atoms with E-state index in [9.17, 15) is 4.79 Å². The number of likely N-dealkylation sites (tertiary alicyclic amines) is 1.